The minimum atomic E-state index is -0.121. The number of benzene rings is 1. The molecule has 1 aromatic carbocycles. The molecule has 2 N–H and O–H groups in total. The van der Waals surface area contributed by atoms with Crippen molar-refractivity contribution in [2.45, 2.75) is 51.6 Å². The maximum Gasteiger partial charge on any atom is 0.251 e. The summed E-state index contributed by atoms with van der Waals surface area (Å²) >= 11 is 0. The highest BCUT2D eigenvalue weighted by molar-refractivity contribution is 5.97. The van der Waals surface area contributed by atoms with Crippen LogP contribution in [0.4, 0.5) is 5.69 Å². The van der Waals surface area contributed by atoms with Gasteiger partial charge in [-0.15, -0.1) is 0 Å². The minimum absolute atomic E-state index is 0.0742. The van der Waals surface area contributed by atoms with E-state index in [0.29, 0.717) is 30.8 Å². The molecule has 0 aliphatic carbocycles. The van der Waals surface area contributed by atoms with Gasteiger partial charge in [0.1, 0.15) is 0 Å². The smallest absolute Gasteiger partial charge is 0.251 e. The number of carbonyl (C=O) groups excluding carboxylic acids is 2. The average molecular weight is 398 g/mol. The van der Waals surface area contributed by atoms with Crippen LogP contribution in [0.15, 0.2) is 43.0 Å². The molecule has 156 valence electrons. The normalized spacial score (nSPS) is 15.1. The lowest BCUT2D eigenvalue weighted by atomic mass is 9.98. The SMILES string of the molecule is CC(C)(CNC(=O)c1cccc(NC(=O)CCn2ccnc2)c1)N1CCCCC1. The summed E-state index contributed by atoms with van der Waals surface area (Å²) < 4.78 is 1.85. The summed E-state index contributed by atoms with van der Waals surface area (Å²) in [6.07, 6.45) is 9.27. The first-order valence-electron chi connectivity index (χ1n) is 10.3. The molecule has 0 bridgehead atoms. The molecule has 0 radical (unpaired) electrons. The molecule has 3 rings (SSSR count). The zero-order chi connectivity index (χ0) is 20.7. The Bertz CT molecular complexity index is 810. The summed E-state index contributed by atoms with van der Waals surface area (Å²) in [4.78, 5) is 31.2. The topological polar surface area (TPSA) is 79.3 Å². The Labute approximate surface area is 172 Å². The van der Waals surface area contributed by atoms with Crippen LogP contribution in [0, 0.1) is 0 Å². The highest BCUT2D eigenvalue weighted by Gasteiger charge is 2.28. The summed E-state index contributed by atoms with van der Waals surface area (Å²) in [5, 5.41) is 5.92. The van der Waals surface area contributed by atoms with Crippen LogP contribution in [0.5, 0.6) is 0 Å². The van der Waals surface area contributed by atoms with Crippen LogP contribution in [-0.4, -0.2) is 51.4 Å². The third-order valence-electron chi connectivity index (χ3n) is 5.46. The Morgan fingerprint density at radius 3 is 2.69 bits per heavy atom. The van der Waals surface area contributed by atoms with Crippen molar-refractivity contribution in [1.29, 1.82) is 0 Å². The second-order valence-corrected chi connectivity index (χ2v) is 8.22. The fourth-order valence-electron chi connectivity index (χ4n) is 3.62. The second-order valence-electron chi connectivity index (χ2n) is 8.22. The predicted octanol–water partition coefficient (Wildman–Crippen LogP) is 2.91. The van der Waals surface area contributed by atoms with Gasteiger partial charge in [0.05, 0.1) is 6.33 Å². The molecule has 1 aromatic heterocycles. The number of nitrogens with one attached hydrogen (secondary N) is 2. The number of hydrogen-bond donors (Lipinski definition) is 2. The van der Waals surface area contributed by atoms with Gasteiger partial charge in [0.25, 0.3) is 5.91 Å². The Balaban J connectivity index is 1.51. The van der Waals surface area contributed by atoms with Gasteiger partial charge in [0.2, 0.25) is 5.91 Å². The predicted molar refractivity (Wildman–Crippen MR) is 114 cm³/mol. The van der Waals surface area contributed by atoms with Crippen molar-refractivity contribution in [2.24, 2.45) is 0 Å². The molecule has 1 saturated heterocycles. The van der Waals surface area contributed by atoms with Gasteiger partial charge in [0, 0.05) is 48.7 Å². The number of amides is 2. The maximum atomic E-state index is 12.6. The van der Waals surface area contributed by atoms with Gasteiger partial charge in [-0.3, -0.25) is 14.5 Å². The molecule has 1 aliphatic rings. The first kappa shape index (κ1) is 21.0. The van der Waals surface area contributed by atoms with E-state index in [1.165, 1.54) is 19.3 Å². The van der Waals surface area contributed by atoms with Crippen LogP contribution in [0.1, 0.15) is 49.9 Å². The van der Waals surface area contributed by atoms with Crippen LogP contribution in [0.3, 0.4) is 0 Å². The lowest BCUT2D eigenvalue weighted by Crippen LogP contribution is -2.53. The van der Waals surface area contributed by atoms with Gasteiger partial charge in [-0.2, -0.15) is 0 Å². The summed E-state index contributed by atoms with van der Waals surface area (Å²) in [5.41, 5.74) is 1.10. The zero-order valence-corrected chi connectivity index (χ0v) is 17.4. The van der Waals surface area contributed by atoms with E-state index >= 15 is 0 Å². The molecule has 2 amide bonds. The van der Waals surface area contributed by atoms with E-state index < -0.39 is 0 Å². The van der Waals surface area contributed by atoms with Crippen LogP contribution >= 0.6 is 0 Å². The molecule has 2 aromatic rings. The van der Waals surface area contributed by atoms with Gasteiger partial charge in [-0.05, 0) is 58.0 Å². The third-order valence-corrected chi connectivity index (χ3v) is 5.46. The average Bonchev–Trinajstić information content (AvgIpc) is 3.25. The van der Waals surface area contributed by atoms with E-state index in [4.69, 9.17) is 0 Å². The second kappa shape index (κ2) is 9.69. The minimum Gasteiger partial charge on any atom is -0.350 e. The van der Waals surface area contributed by atoms with E-state index in [2.05, 4.69) is 34.4 Å². The van der Waals surface area contributed by atoms with Crippen molar-refractivity contribution in [2.75, 3.05) is 25.0 Å². The summed E-state index contributed by atoms with van der Waals surface area (Å²) in [7, 11) is 0. The number of rotatable bonds is 8. The number of piperidine rings is 1. The lowest BCUT2D eigenvalue weighted by molar-refractivity contribution is -0.116. The zero-order valence-electron chi connectivity index (χ0n) is 17.4. The number of aromatic nitrogens is 2. The number of aryl methyl sites for hydroxylation is 1. The number of anilines is 1. The number of hydrogen-bond acceptors (Lipinski definition) is 4. The molecule has 7 heteroatoms. The summed E-state index contributed by atoms with van der Waals surface area (Å²) in [5.74, 6) is -0.216. The molecule has 29 heavy (non-hydrogen) atoms. The molecule has 0 unspecified atom stereocenters. The fraction of sp³-hybridized carbons (Fsp3) is 0.500. The van der Waals surface area contributed by atoms with E-state index in [1.807, 2.05) is 10.8 Å². The van der Waals surface area contributed by atoms with Crippen molar-refractivity contribution < 1.29 is 9.59 Å². The van der Waals surface area contributed by atoms with Crippen molar-refractivity contribution in [3.63, 3.8) is 0 Å². The summed E-state index contributed by atoms with van der Waals surface area (Å²) in [6, 6.07) is 7.07. The maximum absolute atomic E-state index is 12.6. The quantitative estimate of drug-likeness (QED) is 0.718. The van der Waals surface area contributed by atoms with Gasteiger partial charge in [0.15, 0.2) is 0 Å². The standard InChI is InChI=1S/C22H31N5O2/c1-22(2,27-11-4-3-5-12-27)16-24-21(29)18-7-6-8-19(15-18)25-20(28)9-13-26-14-10-23-17-26/h6-8,10,14-15,17H,3-5,9,11-13,16H2,1-2H3,(H,24,29)(H,25,28). The molecule has 1 aliphatic heterocycles. The Morgan fingerprint density at radius 1 is 1.17 bits per heavy atom. The molecule has 0 saturated carbocycles. The molecular formula is C22H31N5O2. The van der Waals surface area contributed by atoms with E-state index in [-0.39, 0.29) is 17.4 Å². The van der Waals surface area contributed by atoms with Crippen molar-refractivity contribution in [1.82, 2.24) is 19.8 Å². The first-order valence-corrected chi connectivity index (χ1v) is 10.3. The Hall–Kier alpha value is -2.67. The van der Waals surface area contributed by atoms with Gasteiger partial charge < -0.3 is 15.2 Å². The lowest BCUT2D eigenvalue weighted by Gasteiger charge is -2.41. The number of carbonyl (C=O) groups is 2. The number of nitrogens with zero attached hydrogens (tertiary/aromatic N) is 3. The molecular weight excluding hydrogens is 366 g/mol. The van der Waals surface area contributed by atoms with Crippen LogP contribution in [0.2, 0.25) is 0 Å². The van der Waals surface area contributed by atoms with Crippen LogP contribution < -0.4 is 10.6 Å². The molecule has 0 atom stereocenters. The van der Waals surface area contributed by atoms with Crippen LogP contribution in [0.25, 0.3) is 0 Å². The Morgan fingerprint density at radius 2 is 1.97 bits per heavy atom. The Kier molecular flexibility index (Phi) is 7.04. The molecule has 0 spiro atoms. The molecule has 1 fully saturated rings. The largest absolute Gasteiger partial charge is 0.350 e. The third kappa shape index (κ3) is 6.15. The van der Waals surface area contributed by atoms with Crippen molar-refractivity contribution in [3.8, 4) is 0 Å². The highest BCUT2D eigenvalue weighted by Crippen LogP contribution is 2.20. The fourth-order valence-corrected chi connectivity index (χ4v) is 3.62. The van der Waals surface area contributed by atoms with Crippen molar-refractivity contribution >= 4 is 17.5 Å². The van der Waals surface area contributed by atoms with Gasteiger partial charge >= 0.3 is 0 Å². The highest BCUT2D eigenvalue weighted by atomic mass is 16.2. The van der Waals surface area contributed by atoms with Gasteiger partial charge in [-0.25, -0.2) is 4.98 Å². The molecule has 7 nitrogen and oxygen atoms in total. The first-order chi connectivity index (χ1) is 13.9. The monoisotopic (exact) mass is 397 g/mol. The molecule has 2 heterocycles. The van der Waals surface area contributed by atoms with Gasteiger partial charge in [-0.1, -0.05) is 12.5 Å². The van der Waals surface area contributed by atoms with E-state index in [9.17, 15) is 9.59 Å². The number of likely N-dealkylation sites (tertiary alicyclic amines) is 1. The summed E-state index contributed by atoms with van der Waals surface area (Å²) in [6.45, 7) is 7.68. The van der Waals surface area contributed by atoms with E-state index in [1.54, 1.807) is 36.8 Å². The number of imidazole rings is 1. The van der Waals surface area contributed by atoms with Crippen molar-refractivity contribution in [3.05, 3.63) is 48.5 Å². The van der Waals surface area contributed by atoms with Crippen LogP contribution in [-0.2, 0) is 11.3 Å². The van der Waals surface area contributed by atoms with E-state index in [0.717, 1.165) is 13.1 Å².